The summed E-state index contributed by atoms with van der Waals surface area (Å²) in [6.07, 6.45) is 0.771. The molecule has 5 rings (SSSR count). The van der Waals surface area contributed by atoms with Crippen LogP contribution < -0.4 is 11.3 Å². The van der Waals surface area contributed by atoms with Crippen molar-refractivity contribution in [1.29, 1.82) is 0 Å². The molecule has 4 heterocycles. The maximum absolute atomic E-state index is 13.4. The van der Waals surface area contributed by atoms with Gasteiger partial charge in [-0.15, -0.1) is 22.7 Å². The zero-order valence-corrected chi connectivity index (χ0v) is 18.0. The minimum Gasteiger partial charge on any atom is -0.364 e. The summed E-state index contributed by atoms with van der Waals surface area (Å²) < 4.78 is 1.05. The Hall–Kier alpha value is -3.30. The van der Waals surface area contributed by atoms with Crippen molar-refractivity contribution in [1.82, 2.24) is 14.7 Å². The Kier molecular flexibility index (Phi) is 4.91. The predicted molar refractivity (Wildman–Crippen MR) is 120 cm³/mol. The molecular formula is C22H18N4O3S2. The summed E-state index contributed by atoms with van der Waals surface area (Å²) in [6, 6.07) is 12.5. The molecule has 156 valence electrons. The van der Waals surface area contributed by atoms with E-state index in [0.717, 1.165) is 21.5 Å². The van der Waals surface area contributed by atoms with Crippen LogP contribution in [0, 0.1) is 0 Å². The molecule has 1 atom stereocenters. The van der Waals surface area contributed by atoms with E-state index in [0.29, 0.717) is 17.3 Å². The molecule has 1 aromatic carbocycles. The van der Waals surface area contributed by atoms with Crippen molar-refractivity contribution in [3.05, 3.63) is 84.6 Å². The standard InChI is InChI=1S/C22H18N4O3S2/c23-21(28)19-13-4-1-2-5-14(13)22(29)26(24-19)12-18(27)25-9-7-16-15(8-11-31-16)20(25)17-6-3-10-30-17/h1-6,8,10-11,20H,7,9,12H2,(H2,23,28)/t20-/m1/s1. The number of benzene rings is 1. The number of amides is 2. The summed E-state index contributed by atoms with van der Waals surface area (Å²) in [5, 5.41) is 8.89. The van der Waals surface area contributed by atoms with Gasteiger partial charge in [0.25, 0.3) is 11.5 Å². The van der Waals surface area contributed by atoms with Crippen LogP contribution in [0.4, 0.5) is 0 Å². The van der Waals surface area contributed by atoms with E-state index in [4.69, 9.17) is 5.73 Å². The molecule has 7 nitrogen and oxygen atoms in total. The van der Waals surface area contributed by atoms with Crippen molar-refractivity contribution in [3.63, 3.8) is 0 Å². The van der Waals surface area contributed by atoms with Gasteiger partial charge in [0, 0.05) is 21.7 Å². The molecule has 1 aliphatic heterocycles. The van der Waals surface area contributed by atoms with Gasteiger partial charge in [-0.25, -0.2) is 4.68 Å². The Morgan fingerprint density at radius 1 is 1.06 bits per heavy atom. The van der Waals surface area contributed by atoms with Crippen LogP contribution in [0.25, 0.3) is 10.8 Å². The SMILES string of the molecule is NC(=O)c1nn(CC(=O)N2CCc3sccc3[C@@H]2c2cccs2)c(=O)c2ccccc12. The van der Waals surface area contributed by atoms with Crippen LogP contribution in [0.3, 0.4) is 0 Å². The van der Waals surface area contributed by atoms with E-state index in [-0.39, 0.29) is 24.2 Å². The zero-order valence-electron chi connectivity index (χ0n) is 16.4. The van der Waals surface area contributed by atoms with Gasteiger partial charge < -0.3 is 10.6 Å². The van der Waals surface area contributed by atoms with Crippen molar-refractivity contribution in [2.75, 3.05) is 6.54 Å². The molecule has 0 radical (unpaired) electrons. The normalized spacial score (nSPS) is 15.7. The van der Waals surface area contributed by atoms with Gasteiger partial charge in [-0.3, -0.25) is 14.4 Å². The number of carbonyl (C=O) groups is 2. The lowest BCUT2D eigenvalue weighted by molar-refractivity contribution is -0.134. The molecule has 0 saturated carbocycles. The molecule has 9 heteroatoms. The van der Waals surface area contributed by atoms with E-state index in [2.05, 4.69) is 11.2 Å². The van der Waals surface area contributed by atoms with Crippen LogP contribution in [-0.4, -0.2) is 33.0 Å². The van der Waals surface area contributed by atoms with E-state index < -0.39 is 11.5 Å². The maximum atomic E-state index is 13.4. The van der Waals surface area contributed by atoms with Crippen molar-refractivity contribution in [2.24, 2.45) is 5.73 Å². The molecule has 0 aliphatic carbocycles. The first-order valence-corrected chi connectivity index (χ1v) is 11.5. The van der Waals surface area contributed by atoms with E-state index in [9.17, 15) is 14.4 Å². The van der Waals surface area contributed by atoms with Gasteiger partial charge >= 0.3 is 0 Å². The van der Waals surface area contributed by atoms with Crippen molar-refractivity contribution in [3.8, 4) is 0 Å². The van der Waals surface area contributed by atoms with Crippen LogP contribution in [-0.2, 0) is 17.8 Å². The average molecular weight is 451 g/mol. The number of primary amides is 1. The van der Waals surface area contributed by atoms with E-state index in [1.54, 1.807) is 51.8 Å². The van der Waals surface area contributed by atoms with Crippen LogP contribution in [0.1, 0.15) is 31.8 Å². The largest absolute Gasteiger partial charge is 0.364 e. The van der Waals surface area contributed by atoms with Gasteiger partial charge in [0.1, 0.15) is 6.54 Å². The number of aromatic nitrogens is 2. The highest BCUT2D eigenvalue weighted by Gasteiger charge is 2.33. The average Bonchev–Trinajstić information content (AvgIpc) is 3.46. The molecule has 1 aliphatic rings. The second kappa shape index (κ2) is 7.75. The molecular weight excluding hydrogens is 432 g/mol. The number of nitrogens with zero attached hydrogens (tertiary/aromatic N) is 3. The van der Waals surface area contributed by atoms with E-state index >= 15 is 0 Å². The lowest BCUT2D eigenvalue weighted by atomic mass is 9.98. The van der Waals surface area contributed by atoms with Crippen molar-refractivity contribution in [2.45, 2.75) is 19.0 Å². The van der Waals surface area contributed by atoms with Crippen molar-refractivity contribution >= 4 is 45.3 Å². The lowest BCUT2D eigenvalue weighted by Crippen LogP contribution is -2.43. The smallest absolute Gasteiger partial charge is 0.275 e. The maximum Gasteiger partial charge on any atom is 0.275 e. The highest BCUT2D eigenvalue weighted by molar-refractivity contribution is 7.10. The summed E-state index contributed by atoms with van der Waals surface area (Å²) in [7, 11) is 0. The van der Waals surface area contributed by atoms with Crippen LogP contribution in [0.2, 0.25) is 0 Å². The van der Waals surface area contributed by atoms with E-state index in [1.807, 2.05) is 22.9 Å². The molecule has 0 spiro atoms. The van der Waals surface area contributed by atoms with Gasteiger partial charge in [-0.2, -0.15) is 5.10 Å². The second-order valence-electron chi connectivity index (χ2n) is 7.28. The molecule has 0 unspecified atom stereocenters. The van der Waals surface area contributed by atoms with Crippen LogP contribution in [0.15, 0.2) is 58.0 Å². The fourth-order valence-electron chi connectivity index (χ4n) is 4.08. The molecule has 0 fully saturated rings. The summed E-state index contributed by atoms with van der Waals surface area (Å²) in [5.41, 5.74) is 6.18. The first-order valence-electron chi connectivity index (χ1n) is 9.73. The first-order chi connectivity index (χ1) is 15.0. The van der Waals surface area contributed by atoms with Gasteiger partial charge in [-0.05, 0) is 40.9 Å². The van der Waals surface area contributed by atoms with E-state index in [1.165, 1.54) is 4.88 Å². The van der Waals surface area contributed by atoms with Gasteiger partial charge in [-0.1, -0.05) is 24.3 Å². The van der Waals surface area contributed by atoms with Crippen LogP contribution >= 0.6 is 22.7 Å². The summed E-state index contributed by atoms with van der Waals surface area (Å²) in [4.78, 5) is 42.4. The second-order valence-corrected chi connectivity index (χ2v) is 9.26. The predicted octanol–water partition coefficient (Wildman–Crippen LogP) is 2.79. The quantitative estimate of drug-likeness (QED) is 0.517. The Balaban J connectivity index is 1.54. The Morgan fingerprint density at radius 2 is 1.87 bits per heavy atom. The number of rotatable bonds is 4. The van der Waals surface area contributed by atoms with Crippen LogP contribution in [0.5, 0.6) is 0 Å². The molecule has 0 bridgehead atoms. The molecule has 2 N–H and O–H groups in total. The third-order valence-corrected chi connectivity index (χ3v) is 7.41. The molecule has 0 saturated heterocycles. The Morgan fingerprint density at radius 3 is 2.61 bits per heavy atom. The summed E-state index contributed by atoms with van der Waals surface area (Å²) >= 11 is 3.30. The third kappa shape index (κ3) is 3.35. The molecule has 3 aromatic heterocycles. The minimum atomic E-state index is -0.741. The lowest BCUT2D eigenvalue weighted by Gasteiger charge is -2.35. The number of fused-ring (bicyclic) bond motifs is 2. The summed E-state index contributed by atoms with van der Waals surface area (Å²) in [5.74, 6) is -0.967. The highest BCUT2D eigenvalue weighted by atomic mass is 32.1. The first kappa shape index (κ1) is 19.7. The Bertz CT molecular complexity index is 1360. The Labute approximate surface area is 185 Å². The zero-order chi connectivity index (χ0) is 21.5. The fraction of sp³-hybridized carbons (Fsp3) is 0.182. The molecule has 2 amide bonds. The number of hydrogen-bond donors (Lipinski definition) is 1. The highest BCUT2D eigenvalue weighted by Crippen LogP contribution is 2.39. The van der Waals surface area contributed by atoms with Gasteiger partial charge in [0.05, 0.1) is 11.4 Å². The number of nitrogens with two attached hydrogens (primary N) is 1. The monoisotopic (exact) mass is 450 g/mol. The topological polar surface area (TPSA) is 98.3 Å². The molecule has 4 aromatic rings. The number of carbonyl (C=O) groups excluding carboxylic acids is 2. The van der Waals surface area contributed by atoms with Gasteiger partial charge in [0.2, 0.25) is 5.91 Å². The molecule has 31 heavy (non-hydrogen) atoms. The number of hydrogen-bond acceptors (Lipinski definition) is 6. The fourth-order valence-corrected chi connectivity index (χ4v) is 5.84. The van der Waals surface area contributed by atoms with Gasteiger partial charge in [0.15, 0.2) is 5.69 Å². The summed E-state index contributed by atoms with van der Waals surface area (Å²) in [6.45, 7) is 0.297. The number of thiophene rings is 2. The third-order valence-electron chi connectivity index (χ3n) is 5.49. The van der Waals surface area contributed by atoms with Crippen molar-refractivity contribution < 1.29 is 9.59 Å². The minimum absolute atomic E-state index is 0.0171.